The monoisotopic (exact) mass is 229 g/mol. The maximum absolute atomic E-state index is 5.31. The lowest BCUT2D eigenvalue weighted by Gasteiger charge is -2.20. The molecular weight excluding hydrogens is 206 g/mol. The molecule has 1 heteroatoms. The molecule has 0 amide bonds. The molecule has 0 saturated carbocycles. The summed E-state index contributed by atoms with van der Waals surface area (Å²) in [7, 11) is 0. The Morgan fingerprint density at radius 3 is 2.71 bits per heavy atom. The molecule has 0 aromatic heterocycles. The van der Waals surface area contributed by atoms with Crippen LogP contribution in [0.1, 0.15) is 48.9 Å². The van der Waals surface area contributed by atoms with Gasteiger partial charge in [0.2, 0.25) is 0 Å². The molecule has 0 spiro atoms. The molecule has 0 bridgehead atoms. The van der Waals surface area contributed by atoms with Gasteiger partial charge in [-0.3, -0.25) is 0 Å². The fourth-order valence-electron chi connectivity index (χ4n) is 2.24. The second-order valence-corrected chi connectivity index (χ2v) is 4.57. The molecule has 1 aromatic rings. The van der Waals surface area contributed by atoms with E-state index < -0.39 is 0 Å². The second kappa shape index (κ2) is 7.14. The van der Waals surface area contributed by atoms with Gasteiger partial charge in [-0.05, 0) is 44.4 Å². The van der Waals surface area contributed by atoms with Crippen molar-refractivity contribution < 1.29 is 0 Å². The number of rotatable bonds is 6. The molecule has 0 aliphatic rings. The fraction of sp³-hybridized carbons (Fsp3) is 0.500. The number of terminal acetylenes is 1. The topological polar surface area (TPSA) is 12.0 Å². The predicted octanol–water partition coefficient (Wildman–Crippen LogP) is 3.76. The van der Waals surface area contributed by atoms with Crippen LogP contribution in [0.2, 0.25) is 0 Å². The molecule has 1 nitrogen and oxygen atoms in total. The van der Waals surface area contributed by atoms with Crippen molar-refractivity contribution in [3.63, 3.8) is 0 Å². The van der Waals surface area contributed by atoms with Crippen molar-refractivity contribution in [2.45, 2.75) is 46.1 Å². The first-order valence-corrected chi connectivity index (χ1v) is 6.43. The van der Waals surface area contributed by atoms with E-state index in [0.29, 0.717) is 6.04 Å². The Morgan fingerprint density at radius 1 is 1.35 bits per heavy atom. The number of nitrogens with one attached hydrogen (secondary N) is 1. The number of benzene rings is 1. The van der Waals surface area contributed by atoms with E-state index >= 15 is 0 Å². The van der Waals surface area contributed by atoms with Crippen LogP contribution in [0.4, 0.5) is 0 Å². The summed E-state index contributed by atoms with van der Waals surface area (Å²) in [5.41, 5.74) is 4.11. The van der Waals surface area contributed by atoms with Crippen LogP contribution < -0.4 is 5.32 Å². The Hall–Kier alpha value is -1.26. The smallest absolute Gasteiger partial charge is 0.0323 e. The molecule has 0 radical (unpaired) electrons. The van der Waals surface area contributed by atoms with Gasteiger partial charge >= 0.3 is 0 Å². The molecule has 92 valence electrons. The van der Waals surface area contributed by atoms with Gasteiger partial charge < -0.3 is 5.32 Å². The minimum absolute atomic E-state index is 0.439. The summed E-state index contributed by atoms with van der Waals surface area (Å²) in [6, 6.07) is 7.12. The third-order valence-corrected chi connectivity index (χ3v) is 3.07. The normalized spacial score (nSPS) is 12.1. The molecule has 0 aliphatic carbocycles. The van der Waals surface area contributed by atoms with Gasteiger partial charge in [-0.2, -0.15) is 0 Å². The molecule has 0 fully saturated rings. The lowest BCUT2D eigenvalue weighted by Crippen LogP contribution is -2.21. The first-order valence-electron chi connectivity index (χ1n) is 6.43. The standard InChI is InChI=1S/C16H23N/c1-5-7-8-9-16(17-6-2)15-11-10-13(3)12-14(15)4/h1,10-12,16-17H,6-9H2,2-4H3. The molecule has 0 heterocycles. The van der Waals surface area contributed by atoms with E-state index in [4.69, 9.17) is 6.42 Å². The van der Waals surface area contributed by atoms with Crippen LogP contribution in [0.15, 0.2) is 18.2 Å². The van der Waals surface area contributed by atoms with Gasteiger partial charge in [0.1, 0.15) is 0 Å². The maximum Gasteiger partial charge on any atom is 0.0323 e. The summed E-state index contributed by atoms with van der Waals surface area (Å²) in [6.45, 7) is 7.47. The van der Waals surface area contributed by atoms with Gasteiger partial charge in [0.15, 0.2) is 0 Å². The molecule has 1 N–H and O–H groups in total. The number of aryl methyl sites for hydroxylation is 2. The van der Waals surface area contributed by atoms with Crippen LogP contribution in [0.5, 0.6) is 0 Å². The third-order valence-electron chi connectivity index (χ3n) is 3.07. The highest BCUT2D eigenvalue weighted by Crippen LogP contribution is 2.23. The third kappa shape index (κ3) is 4.24. The lowest BCUT2D eigenvalue weighted by atomic mass is 9.95. The van der Waals surface area contributed by atoms with Crippen LogP contribution in [0.25, 0.3) is 0 Å². The van der Waals surface area contributed by atoms with Crippen molar-refractivity contribution in [1.29, 1.82) is 0 Å². The van der Waals surface area contributed by atoms with Gasteiger partial charge in [-0.15, -0.1) is 12.3 Å². The van der Waals surface area contributed by atoms with Gasteiger partial charge in [0.05, 0.1) is 0 Å². The molecule has 0 aliphatic heterocycles. The van der Waals surface area contributed by atoms with Gasteiger partial charge in [-0.1, -0.05) is 30.7 Å². The van der Waals surface area contributed by atoms with Crippen molar-refractivity contribution in [3.05, 3.63) is 34.9 Å². The van der Waals surface area contributed by atoms with Crippen molar-refractivity contribution in [1.82, 2.24) is 5.32 Å². The zero-order chi connectivity index (χ0) is 12.7. The Morgan fingerprint density at radius 2 is 2.12 bits per heavy atom. The maximum atomic E-state index is 5.31. The van der Waals surface area contributed by atoms with Crippen LogP contribution in [0.3, 0.4) is 0 Å². The Bertz CT molecular complexity index is 387. The number of hydrogen-bond donors (Lipinski definition) is 1. The second-order valence-electron chi connectivity index (χ2n) is 4.57. The van der Waals surface area contributed by atoms with Crippen LogP contribution >= 0.6 is 0 Å². The average Bonchev–Trinajstić information content (AvgIpc) is 2.28. The van der Waals surface area contributed by atoms with Crippen LogP contribution in [-0.4, -0.2) is 6.54 Å². The minimum Gasteiger partial charge on any atom is -0.310 e. The van der Waals surface area contributed by atoms with Crippen LogP contribution in [0, 0.1) is 26.2 Å². The fourth-order valence-corrected chi connectivity index (χ4v) is 2.24. The van der Waals surface area contributed by atoms with Crippen molar-refractivity contribution in [2.24, 2.45) is 0 Å². The lowest BCUT2D eigenvalue weighted by molar-refractivity contribution is 0.500. The average molecular weight is 229 g/mol. The van der Waals surface area contributed by atoms with E-state index in [-0.39, 0.29) is 0 Å². The number of hydrogen-bond acceptors (Lipinski definition) is 1. The summed E-state index contributed by atoms with van der Waals surface area (Å²) >= 11 is 0. The zero-order valence-electron chi connectivity index (χ0n) is 11.2. The Balaban J connectivity index is 2.78. The zero-order valence-corrected chi connectivity index (χ0v) is 11.2. The van der Waals surface area contributed by atoms with Gasteiger partial charge in [-0.25, -0.2) is 0 Å². The first-order chi connectivity index (χ1) is 8.19. The Labute approximate surface area is 106 Å². The van der Waals surface area contributed by atoms with Gasteiger partial charge in [0.25, 0.3) is 0 Å². The van der Waals surface area contributed by atoms with E-state index in [2.05, 4.69) is 50.2 Å². The van der Waals surface area contributed by atoms with E-state index in [0.717, 1.165) is 25.8 Å². The van der Waals surface area contributed by atoms with Crippen LogP contribution in [-0.2, 0) is 0 Å². The highest BCUT2D eigenvalue weighted by molar-refractivity contribution is 5.32. The molecule has 1 atom stereocenters. The molecule has 0 saturated heterocycles. The summed E-state index contributed by atoms with van der Waals surface area (Å²) in [6.07, 6.45) is 8.37. The molecule has 1 aromatic carbocycles. The summed E-state index contributed by atoms with van der Waals surface area (Å²) < 4.78 is 0. The van der Waals surface area contributed by atoms with Crippen molar-refractivity contribution >= 4 is 0 Å². The predicted molar refractivity (Wildman–Crippen MR) is 75.0 cm³/mol. The highest BCUT2D eigenvalue weighted by atomic mass is 14.9. The summed E-state index contributed by atoms with van der Waals surface area (Å²) in [5, 5.41) is 3.55. The van der Waals surface area contributed by atoms with Gasteiger partial charge in [0, 0.05) is 12.5 Å². The van der Waals surface area contributed by atoms with E-state index in [9.17, 15) is 0 Å². The summed E-state index contributed by atoms with van der Waals surface area (Å²) in [5.74, 6) is 2.71. The quantitative estimate of drug-likeness (QED) is 0.578. The minimum atomic E-state index is 0.439. The highest BCUT2D eigenvalue weighted by Gasteiger charge is 2.11. The van der Waals surface area contributed by atoms with E-state index in [1.807, 2.05) is 0 Å². The Kier molecular flexibility index (Phi) is 5.80. The van der Waals surface area contributed by atoms with Crippen molar-refractivity contribution in [3.8, 4) is 12.3 Å². The SMILES string of the molecule is C#CCCCC(NCC)c1ccc(C)cc1C. The molecule has 1 rings (SSSR count). The summed E-state index contributed by atoms with van der Waals surface area (Å²) in [4.78, 5) is 0. The first kappa shape index (κ1) is 13.8. The molecule has 17 heavy (non-hydrogen) atoms. The van der Waals surface area contributed by atoms with E-state index in [1.165, 1.54) is 16.7 Å². The van der Waals surface area contributed by atoms with E-state index in [1.54, 1.807) is 0 Å². The molecular formula is C16H23N. The van der Waals surface area contributed by atoms with Crippen molar-refractivity contribution in [2.75, 3.05) is 6.54 Å². The largest absolute Gasteiger partial charge is 0.310 e. The molecule has 1 unspecified atom stereocenters. The number of unbranched alkanes of at least 4 members (excludes halogenated alkanes) is 1.